The summed E-state index contributed by atoms with van der Waals surface area (Å²) >= 11 is 0. The van der Waals surface area contributed by atoms with Gasteiger partial charge in [0.05, 0.1) is 6.61 Å². The Labute approximate surface area is 89.5 Å². The minimum Gasteiger partial charge on any atom is -0.367 e. The normalized spacial score (nSPS) is 12.5. The van der Waals surface area contributed by atoms with Crippen molar-refractivity contribution in [3.63, 3.8) is 0 Å². The summed E-state index contributed by atoms with van der Waals surface area (Å²) < 4.78 is 5.17. The molecule has 88 valence electrons. The topological polar surface area (TPSA) is 93.4 Å². The Morgan fingerprint density at radius 2 is 1.93 bits per heavy atom. The van der Waals surface area contributed by atoms with Gasteiger partial charge in [-0.1, -0.05) is 13.8 Å². The van der Waals surface area contributed by atoms with E-state index in [1.807, 2.05) is 19.2 Å². The second kappa shape index (κ2) is 7.19. The maximum atomic E-state index is 11.1. The van der Waals surface area contributed by atoms with Crippen molar-refractivity contribution in [1.29, 1.82) is 0 Å². The lowest BCUT2D eigenvalue weighted by atomic mass is 10.4. The van der Waals surface area contributed by atoms with E-state index in [-0.39, 0.29) is 0 Å². The van der Waals surface area contributed by atoms with Gasteiger partial charge < -0.3 is 15.8 Å². The van der Waals surface area contributed by atoms with Crippen molar-refractivity contribution in [1.82, 2.24) is 10.6 Å². The molecule has 0 aromatic rings. The van der Waals surface area contributed by atoms with Crippen LogP contribution in [0.4, 0.5) is 4.79 Å². The van der Waals surface area contributed by atoms with Crippen molar-refractivity contribution in [2.45, 2.75) is 32.9 Å². The molecule has 1 unspecified atom stereocenters. The largest absolute Gasteiger partial charge is 0.367 e. The summed E-state index contributed by atoms with van der Waals surface area (Å²) in [6.45, 7) is 6.66. The fraction of sp³-hybridized carbons (Fsp3) is 0.778. The molecule has 0 aliphatic rings. The molecule has 0 heterocycles. The minimum absolute atomic E-state index is 0.378. The van der Waals surface area contributed by atoms with Crippen molar-refractivity contribution >= 4 is 11.9 Å². The third kappa shape index (κ3) is 7.90. The number of rotatable bonds is 6. The van der Waals surface area contributed by atoms with E-state index in [4.69, 9.17) is 10.5 Å². The molecule has 15 heavy (non-hydrogen) atoms. The molecule has 0 rings (SSSR count). The molecular formula is C9H19N3O3. The monoisotopic (exact) mass is 217 g/mol. The lowest BCUT2D eigenvalue weighted by Gasteiger charge is -2.13. The number of nitrogens with two attached hydrogens (primary N) is 1. The summed E-state index contributed by atoms with van der Waals surface area (Å²) in [5.41, 5.74) is 4.79. The molecule has 0 spiro atoms. The first kappa shape index (κ1) is 13.9. The predicted molar refractivity (Wildman–Crippen MR) is 56.3 cm³/mol. The van der Waals surface area contributed by atoms with Gasteiger partial charge in [-0.15, -0.1) is 0 Å². The van der Waals surface area contributed by atoms with Gasteiger partial charge in [0, 0.05) is 12.6 Å². The molecule has 6 nitrogen and oxygen atoms in total. The first-order valence-corrected chi connectivity index (χ1v) is 4.88. The maximum absolute atomic E-state index is 11.1. The quantitative estimate of drug-likeness (QED) is 0.527. The van der Waals surface area contributed by atoms with Gasteiger partial charge >= 0.3 is 6.03 Å². The lowest BCUT2D eigenvalue weighted by Crippen LogP contribution is -2.42. The highest BCUT2D eigenvalue weighted by atomic mass is 16.5. The molecule has 0 aromatic heterocycles. The molecule has 0 fully saturated rings. The summed E-state index contributed by atoms with van der Waals surface area (Å²) in [5.74, 6) is -0.521. The zero-order valence-corrected chi connectivity index (χ0v) is 9.37. The Morgan fingerprint density at radius 1 is 1.33 bits per heavy atom. The van der Waals surface area contributed by atoms with Crippen LogP contribution in [0.25, 0.3) is 0 Å². The second-order valence-corrected chi connectivity index (χ2v) is 3.48. The molecule has 0 bridgehead atoms. The minimum atomic E-state index is -0.865. The van der Waals surface area contributed by atoms with Crippen molar-refractivity contribution in [3.05, 3.63) is 0 Å². The van der Waals surface area contributed by atoms with Crippen LogP contribution in [0.2, 0.25) is 0 Å². The summed E-state index contributed by atoms with van der Waals surface area (Å²) in [5, 5.41) is 5.08. The number of primary amides is 1. The smallest absolute Gasteiger partial charge is 0.318 e. The van der Waals surface area contributed by atoms with Gasteiger partial charge in [-0.05, 0) is 6.92 Å². The molecule has 0 aliphatic heterocycles. The van der Waals surface area contributed by atoms with Crippen LogP contribution in [0.1, 0.15) is 20.8 Å². The Bertz CT molecular complexity index is 219. The molecule has 0 saturated heterocycles. The molecule has 3 amide bonds. The average Bonchev–Trinajstić information content (AvgIpc) is 2.10. The number of hydrogen-bond acceptors (Lipinski definition) is 4. The molecule has 0 aliphatic carbocycles. The number of nitrogens with one attached hydrogen (secondary N) is 2. The van der Waals surface area contributed by atoms with Crippen LogP contribution in [0.5, 0.6) is 0 Å². The van der Waals surface area contributed by atoms with Crippen LogP contribution < -0.4 is 16.4 Å². The Balaban J connectivity index is 3.60. The van der Waals surface area contributed by atoms with Crippen molar-refractivity contribution in [2.24, 2.45) is 5.73 Å². The van der Waals surface area contributed by atoms with E-state index in [1.54, 1.807) is 6.92 Å². The lowest BCUT2D eigenvalue weighted by molar-refractivity contribution is -0.130. The third-order valence-electron chi connectivity index (χ3n) is 1.64. The number of urea groups is 1. The summed E-state index contributed by atoms with van der Waals surface area (Å²) in [6.07, 6.45) is -0.675. The van der Waals surface area contributed by atoms with Crippen molar-refractivity contribution < 1.29 is 14.3 Å². The predicted octanol–water partition coefficient (Wildman–Crippen LogP) is -0.416. The average molecular weight is 217 g/mol. The zero-order valence-electron chi connectivity index (χ0n) is 9.37. The molecule has 0 radical (unpaired) electrons. The Hall–Kier alpha value is -1.14. The number of amides is 3. The third-order valence-corrected chi connectivity index (χ3v) is 1.64. The highest BCUT2D eigenvalue weighted by Gasteiger charge is 2.14. The van der Waals surface area contributed by atoms with E-state index >= 15 is 0 Å². The molecule has 0 saturated carbocycles. The molecule has 0 aromatic carbocycles. The van der Waals surface area contributed by atoms with E-state index in [9.17, 15) is 9.59 Å². The first-order valence-electron chi connectivity index (χ1n) is 4.88. The van der Waals surface area contributed by atoms with Gasteiger partial charge in [0.15, 0.2) is 0 Å². The van der Waals surface area contributed by atoms with Crippen LogP contribution in [0.15, 0.2) is 0 Å². The van der Waals surface area contributed by atoms with Crippen LogP contribution in [0, 0.1) is 0 Å². The number of hydrogen-bond donors (Lipinski definition) is 3. The van der Waals surface area contributed by atoms with E-state index in [0.717, 1.165) is 0 Å². The van der Waals surface area contributed by atoms with Gasteiger partial charge in [-0.3, -0.25) is 10.1 Å². The fourth-order valence-corrected chi connectivity index (χ4v) is 0.882. The summed E-state index contributed by atoms with van der Waals surface area (Å²) in [7, 11) is 0. The SMILES string of the molecule is CC(C)NCCOC(C)C(=O)NC(N)=O. The van der Waals surface area contributed by atoms with Gasteiger partial charge in [-0.2, -0.15) is 0 Å². The number of carbonyl (C=O) groups excluding carboxylic acids is 2. The van der Waals surface area contributed by atoms with Crippen LogP contribution in [-0.4, -0.2) is 37.2 Å². The number of carbonyl (C=O) groups is 2. The van der Waals surface area contributed by atoms with E-state index in [0.29, 0.717) is 19.2 Å². The number of ether oxygens (including phenoxy) is 1. The van der Waals surface area contributed by atoms with Crippen molar-refractivity contribution in [3.8, 4) is 0 Å². The Kier molecular flexibility index (Phi) is 6.64. The van der Waals surface area contributed by atoms with Crippen LogP contribution >= 0.6 is 0 Å². The zero-order chi connectivity index (χ0) is 11.8. The molecule has 6 heteroatoms. The Morgan fingerprint density at radius 3 is 2.40 bits per heavy atom. The molecular weight excluding hydrogens is 198 g/mol. The molecule has 1 atom stereocenters. The van der Waals surface area contributed by atoms with Crippen LogP contribution in [-0.2, 0) is 9.53 Å². The van der Waals surface area contributed by atoms with Crippen molar-refractivity contribution in [2.75, 3.05) is 13.2 Å². The highest BCUT2D eigenvalue weighted by molar-refractivity contribution is 5.95. The van der Waals surface area contributed by atoms with E-state index in [2.05, 4.69) is 5.32 Å². The molecule has 4 N–H and O–H groups in total. The van der Waals surface area contributed by atoms with Gasteiger partial charge in [0.2, 0.25) is 0 Å². The summed E-state index contributed by atoms with van der Waals surface area (Å²) in [6, 6.07) is -0.487. The van der Waals surface area contributed by atoms with Gasteiger partial charge in [-0.25, -0.2) is 4.79 Å². The highest BCUT2D eigenvalue weighted by Crippen LogP contribution is 1.90. The maximum Gasteiger partial charge on any atom is 0.318 e. The van der Waals surface area contributed by atoms with E-state index in [1.165, 1.54) is 0 Å². The second-order valence-electron chi connectivity index (χ2n) is 3.48. The van der Waals surface area contributed by atoms with Crippen LogP contribution in [0.3, 0.4) is 0 Å². The van der Waals surface area contributed by atoms with Gasteiger partial charge in [0.25, 0.3) is 5.91 Å². The first-order chi connectivity index (χ1) is 6.93. The summed E-state index contributed by atoms with van der Waals surface area (Å²) in [4.78, 5) is 21.5. The van der Waals surface area contributed by atoms with E-state index < -0.39 is 18.0 Å². The fourth-order valence-electron chi connectivity index (χ4n) is 0.882. The standard InChI is InChI=1S/C9H19N3O3/c1-6(2)11-4-5-15-7(3)8(13)12-9(10)14/h6-7,11H,4-5H2,1-3H3,(H3,10,12,13,14). The number of imide groups is 1. The van der Waals surface area contributed by atoms with Gasteiger partial charge in [0.1, 0.15) is 6.10 Å².